The van der Waals surface area contributed by atoms with Gasteiger partial charge in [-0.25, -0.2) is 9.78 Å². The molecule has 22 heavy (non-hydrogen) atoms. The molecule has 7 heteroatoms. The van der Waals surface area contributed by atoms with Crippen LogP contribution >= 0.6 is 27.3 Å². The normalized spacial score (nSPS) is 31.4. The minimum absolute atomic E-state index is 0.0290. The van der Waals surface area contributed by atoms with E-state index < -0.39 is 11.2 Å². The number of aliphatic hydroxyl groups is 1. The quantitative estimate of drug-likeness (QED) is 0.797. The molecule has 2 aliphatic heterocycles. The van der Waals surface area contributed by atoms with E-state index in [-0.39, 0.29) is 18.2 Å². The lowest BCUT2D eigenvalue weighted by molar-refractivity contribution is -0.0625. The summed E-state index contributed by atoms with van der Waals surface area (Å²) in [6.07, 6.45) is 2.63. The Bertz CT molecular complexity index is 570. The molecule has 2 atom stereocenters. The largest absolute Gasteiger partial charge is 0.444 e. The summed E-state index contributed by atoms with van der Waals surface area (Å²) in [5.74, 6) is 0. The van der Waals surface area contributed by atoms with Gasteiger partial charge in [-0.05, 0) is 49.5 Å². The number of fused-ring (bicyclic) bond motifs is 2. The second-order valence-corrected chi connectivity index (χ2v) is 8.86. The minimum Gasteiger partial charge on any atom is -0.444 e. The number of hydrogen-bond donors (Lipinski definition) is 1. The van der Waals surface area contributed by atoms with E-state index in [2.05, 4.69) is 20.9 Å². The van der Waals surface area contributed by atoms with Crippen LogP contribution in [-0.2, 0) is 10.3 Å². The minimum atomic E-state index is -0.930. The lowest BCUT2D eigenvalue weighted by Crippen LogP contribution is -2.53. The van der Waals surface area contributed by atoms with Crippen molar-refractivity contribution in [2.24, 2.45) is 0 Å². The van der Waals surface area contributed by atoms with Crippen LogP contribution in [0.2, 0.25) is 0 Å². The first-order valence-electron chi connectivity index (χ1n) is 7.53. The van der Waals surface area contributed by atoms with E-state index >= 15 is 0 Å². The molecule has 2 aliphatic rings. The number of nitrogens with zero attached hydrogens (tertiary/aromatic N) is 2. The van der Waals surface area contributed by atoms with Gasteiger partial charge in [0.05, 0.1) is 0 Å². The van der Waals surface area contributed by atoms with Crippen LogP contribution in [0.4, 0.5) is 4.79 Å². The topological polar surface area (TPSA) is 62.7 Å². The van der Waals surface area contributed by atoms with E-state index in [0.29, 0.717) is 12.8 Å². The maximum Gasteiger partial charge on any atom is 0.410 e. The van der Waals surface area contributed by atoms with Crippen molar-refractivity contribution in [2.45, 2.75) is 69.7 Å². The maximum atomic E-state index is 12.4. The summed E-state index contributed by atoms with van der Waals surface area (Å²) in [7, 11) is 0. The fourth-order valence-electron chi connectivity index (χ4n) is 3.48. The van der Waals surface area contributed by atoms with Crippen molar-refractivity contribution in [1.82, 2.24) is 9.88 Å². The molecule has 2 fully saturated rings. The SMILES string of the molecule is CC(C)(C)OC(=O)N1C2CCC1CC(O)(c1nc(Br)cs1)C2. The molecule has 5 nitrogen and oxygen atoms in total. The fraction of sp³-hybridized carbons (Fsp3) is 0.733. The number of hydrogen-bond acceptors (Lipinski definition) is 5. The molecule has 0 radical (unpaired) electrons. The zero-order valence-electron chi connectivity index (χ0n) is 13.0. The van der Waals surface area contributed by atoms with Crippen LogP contribution in [0.1, 0.15) is 51.5 Å². The lowest BCUT2D eigenvalue weighted by Gasteiger charge is -2.42. The number of rotatable bonds is 1. The second kappa shape index (κ2) is 5.46. The van der Waals surface area contributed by atoms with Crippen molar-refractivity contribution in [3.8, 4) is 0 Å². The molecule has 3 rings (SSSR count). The monoisotopic (exact) mass is 388 g/mol. The highest BCUT2D eigenvalue weighted by molar-refractivity contribution is 9.10. The molecule has 1 N–H and O–H groups in total. The zero-order valence-corrected chi connectivity index (χ0v) is 15.4. The Morgan fingerprint density at radius 1 is 1.45 bits per heavy atom. The van der Waals surface area contributed by atoms with Gasteiger partial charge in [0.2, 0.25) is 0 Å². The Morgan fingerprint density at radius 2 is 2.05 bits per heavy atom. The van der Waals surface area contributed by atoms with Crippen LogP contribution in [0, 0.1) is 0 Å². The third-order valence-electron chi connectivity index (χ3n) is 4.25. The Morgan fingerprint density at radius 3 is 2.50 bits per heavy atom. The number of thiazole rings is 1. The first-order chi connectivity index (χ1) is 10.2. The van der Waals surface area contributed by atoms with Gasteiger partial charge >= 0.3 is 6.09 Å². The fourth-order valence-corrected chi connectivity index (χ4v) is 4.85. The van der Waals surface area contributed by atoms with Gasteiger partial charge in [0.25, 0.3) is 0 Å². The zero-order chi connectivity index (χ0) is 16.1. The van der Waals surface area contributed by atoms with Crippen molar-refractivity contribution >= 4 is 33.4 Å². The van der Waals surface area contributed by atoms with Gasteiger partial charge in [-0.3, -0.25) is 0 Å². The molecule has 2 bridgehead atoms. The molecule has 2 unspecified atom stereocenters. The smallest absolute Gasteiger partial charge is 0.410 e. The molecule has 0 aliphatic carbocycles. The van der Waals surface area contributed by atoms with E-state index in [1.54, 1.807) is 0 Å². The van der Waals surface area contributed by atoms with Gasteiger partial charge in [0.15, 0.2) is 0 Å². The molecule has 3 heterocycles. The molecule has 122 valence electrons. The molecule has 1 aromatic heterocycles. The van der Waals surface area contributed by atoms with Crippen LogP contribution < -0.4 is 0 Å². The Hall–Kier alpha value is -0.660. The standard InChI is InChI=1S/C15H21BrN2O3S/c1-14(2,3)21-13(19)18-9-4-5-10(18)7-15(20,6-9)12-17-11(16)8-22-12/h8-10,20H,4-7H2,1-3H3. The van der Waals surface area contributed by atoms with Crippen molar-refractivity contribution < 1.29 is 14.6 Å². The number of carbonyl (C=O) groups is 1. The van der Waals surface area contributed by atoms with Gasteiger partial charge in [0, 0.05) is 30.3 Å². The van der Waals surface area contributed by atoms with E-state index in [0.717, 1.165) is 22.5 Å². The highest BCUT2D eigenvalue weighted by atomic mass is 79.9. The van der Waals surface area contributed by atoms with Gasteiger partial charge in [0.1, 0.15) is 20.8 Å². The van der Waals surface area contributed by atoms with Crippen LogP contribution in [0.3, 0.4) is 0 Å². The third-order valence-corrected chi connectivity index (χ3v) is 5.99. The Kier molecular flexibility index (Phi) is 4.02. The molecule has 0 aromatic carbocycles. The first kappa shape index (κ1) is 16.2. The van der Waals surface area contributed by atoms with Gasteiger partial charge in [-0.2, -0.15) is 0 Å². The molecular weight excluding hydrogens is 368 g/mol. The van der Waals surface area contributed by atoms with Crippen molar-refractivity contribution in [2.75, 3.05) is 0 Å². The van der Waals surface area contributed by atoms with E-state index in [1.165, 1.54) is 11.3 Å². The van der Waals surface area contributed by atoms with Crippen molar-refractivity contribution in [3.63, 3.8) is 0 Å². The van der Waals surface area contributed by atoms with Crippen molar-refractivity contribution in [1.29, 1.82) is 0 Å². The van der Waals surface area contributed by atoms with Gasteiger partial charge < -0.3 is 14.7 Å². The van der Waals surface area contributed by atoms with Crippen LogP contribution in [-0.4, -0.2) is 38.8 Å². The number of carbonyl (C=O) groups excluding carboxylic acids is 1. The Labute approximate surface area is 142 Å². The average molecular weight is 389 g/mol. The van der Waals surface area contributed by atoms with E-state index in [4.69, 9.17) is 4.74 Å². The molecule has 0 saturated carbocycles. The van der Waals surface area contributed by atoms with Crippen molar-refractivity contribution in [3.05, 3.63) is 15.0 Å². The summed E-state index contributed by atoms with van der Waals surface area (Å²) >= 11 is 4.80. The van der Waals surface area contributed by atoms with Crippen LogP contribution in [0.25, 0.3) is 0 Å². The number of aromatic nitrogens is 1. The molecule has 0 spiro atoms. The van der Waals surface area contributed by atoms with Gasteiger partial charge in [-0.1, -0.05) is 0 Å². The van der Waals surface area contributed by atoms with Crippen LogP contribution in [0.15, 0.2) is 9.98 Å². The first-order valence-corrected chi connectivity index (χ1v) is 9.20. The number of amides is 1. The number of piperidine rings is 1. The summed E-state index contributed by atoms with van der Waals surface area (Å²) in [5, 5.41) is 13.6. The molecular formula is C15H21BrN2O3S. The number of halogens is 1. The summed E-state index contributed by atoms with van der Waals surface area (Å²) in [6.45, 7) is 5.63. The average Bonchev–Trinajstić information content (AvgIpc) is 2.91. The third kappa shape index (κ3) is 3.03. The summed E-state index contributed by atoms with van der Waals surface area (Å²) in [4.78, 5) is 18.6. The van der Waals surface area contributed by atoms with Crippen LogP contribution in [0.5, 0.6) is 0 Å². The highest BCUT2D eigenvalue weighted by Crippen LogP contribution is 2.47. The maximum absolute atomic E-state index is 12.4. The predicted octanol–water partition coefficient (Wildman–Crippen LogP) is 3.66. The number of ether oxygens (including phenoxy) is 1. The molecule has 1 aromatic rings. The Balaban J connectivity index is 1.78. The summed E-state index contributed by atoms with van der Waals surface area (Å²) in [6, 6.07) is 0.0579. The summed E-state index contributed by atoms with van der Waals surface area (Å²) in [5.41, 5.74) is -1.43. The van der Waals surface area contributed by atoms with E-state index in [9.17, 15) is 9.90 Å². The molecule has 2 saturated heterocycles. The van der Waals surface area contributed by atoms with Gasteiger partial charge in [-0.15, -0.1) is 11.3 Å². The summed E-state index contributed by atoms with van der Waals surface area (Å²) < 4.78 is 6.27. The van der Waals surface area contributed by atoms with E-state index in [1.807, 2.05) is 31.1 Å². The predicted molar refractivity (Wildman–Crippen MR) is 87.8 cm³/mol. The lowest BCUT2D eigenvalue weighted by atomic mass is 9.87. The highest BCUT2D eigenvalue weighted by Gasteiger charge is 2.52. The second-order valence-electron chi connectivity index (χ2n) is 7.19. The molecule has 1 amide bonds.